The molecule has 220 valence electrons. The van der Waals surface area contributed by atoms with Gasteiger partial charge in [-0.1, -0.05) is 43.5 Å². The van der Waals surface area contributed by atoms with Crippen LogP contribution >= 0.6 is 43.5 Å². The molecule has 2 bridgehead atoms. The molecule has 3 fully saturated rings. The number of rotatable bonds is 8. The highest BCUT2D eigenvalue weighted by atomic mass is 79.9. The van der Waals surface area contributed by atoms with Crippen LogP contribution in [-0.2, 0) is 9.59 Å². The maximum Gasteiger partial charge on any atom is 0.273 e. The normalized spacial score (nSPS) is 25.5. The number of Topliss-reactive ketones (excluding diaryl/α,β-unsaturated/α-hetero) is 1. The van der Waals surface area contributed by atoms with Gasteiger partial charge in [0.25, 0.3) is 23.4 Å². The second-order valence-electron chi connectivity index (χ2n) is 10.7. The van der Waals surface area contributed by atoms with E-state index in [0.29, 0.717) is 16.5 Å². The molecule has 1 saturated heterocycles. The first-order valence-corrected chi connectivity index (χ1v) is 15.5. The molecule has 0 unspecified atom stereocenters. The Bertz CT molecular complexity index is 1600. The number of fused-ring (bicyclic) bond motifs is 5. The number of amides is 3. The minimum Gasteiger partial charge on any atom is -0.457 e. The highest BCUT2D eigenvalue weighted by Crippen LogP contribution is 2.60. The summed E-state index contributed by atoms with van der Waals surface area (Å²) in [4.78, 5) is 65.2. The number of nitro benzene ring substituents is 1. The number of carbonyl (C=O) groups is 4. The number of nitrogens with zero attached hydrogens (tertiary/aromatic N) is 3. The SMILES string of the molecule is O=C(CN(C(=O)c1ccc(Cl)cc1)N1C(=O)[C@@H]2[C@H]3C[C@@H]([C@H](Br)[C@H]3Br)[C@H]2C1=O)c1ccc(Oc2ccc([N+](=O)[O-])cc2)cc1. The predicted octanol–water partition coefficient (Wildman–Crippen LogP) is 6.06. The summed E-state index contributed by atoms with van der Waals surface area (Å²) >= 11 is 13.3. The molecule has 3 aromatic carbocycles. The van der Waals surface area contributed by atoms with Gasteiger partial charge in [-0.3, -0.25) is 29.3 Å². The van der Waals surface area contributed by atoms with Crippen molar-refractivity contribution >= 4 is 72.7 Å². The van der Waals surface area contributed by atoms with Crippen LogP contribution in [0.4, 0.5) is 5.69 Å². The second kappa shape index (κ2) is 11.5. The summed E-state index contributed by atoms with van der Waals surface area (Å²) in [6.07, 6.45) is 0.727. The highest BCUT2D eigenvalue weighted by molar-refractivity contribution is 9.12. The third-order valence-electron chi connectivity index (χ3n) is 8.28. The minimum absolute atomic E-state index is 0.0178. The monoisotopic (exact) mass is 729 g/mol. The van der Waals surface area contributed by atoms with Crippen molar-refractivity contribution in [3.8, 4) is 11.5 Å². The van der Waals surface area contributed by atoms with Crippen molar-refractivity contribution in [1.29, 1.82) is 0 Å². The zero-order chi connectivity index (χ0) is 30.6. The number of nitro groups is 1. The van der Waals surface area contributed by atoms with E-state index >= 15 is 0 Å². The lowest BCUT2D eigenvalue weighted by molar-refractivity contribution is -0.384. The number of alkyl halides is 2. The summed E-state index contributed by atoms with van der Waals surface area (Å²) in [7, 11) is 0. The van der Waals surface area contributed by atoms with Crippen LogP contribution in [0, 0.1) is 33.8 Å². The van der Waals surface area contributed by atoms with E-state index in [-0.39, 0.29) is 38.3 Å². The summed E-state index contributed by atoms with van der Waals surface area (Å²) in [6, 6.07) is 17.6. The number of hydrazine groups is 1. The van der Waals surface area contributed by atoms with E-state index in [1.165, 1.54) is 60.7 Å². The van der Waals surface area contributed by atoms with Crippen molar-refractivity contribution in [2.45, 2.75) is 16.1 Å². The molecule has 0 N–H and O–H groups in total. The van der Waals surface area contributed by atoms with Gasteiger partial charge in [0.05, 0.1) is 16.8 Å². The molecule has 2 aliphatic carbocycles. The van der Waals surface area contributed by atoms with Crippen molar-refractivity contribution in [1.82, 2.24) is 10.0 Å². The van der Waals surface area contributed by atoms with Crippen LogP contribution in [0.2, 0.25) is 5.02 Å². The van der Waals surface area contributed by atoms with Gasteiger partial charge in [0, 0.05) is 37.9 Å². The van der Waals surface area contributed by atoms with E-state index in [0.717, 1.165) is 16.4 Å². The van der Waals surface area contributed by atoms with E-state index in [4.69, 9.17) is 16.3 Å². The number of ketones is 1. The fraction of sp³-hybridized carbons (Fsp3) is 0.267. The molecule has 1 aliphatic heterocycles. The second-order valence-corrected chi connectivity index (χ2v) is 13.2. The van der Waals surface area contributed by atoms with Gasteiger partial charge >= 0.3 is 0 Å². The van der Waals surface area contributed by atoms with E-state index in [2.05, 4.69) is 31.9 Å². The molecular weight excluding hydrogens is 710 g/mol. The molecule has 13 heteroatoms. The number of carbonyl (C=O) groups excluding carboxylic acids is 4. The molecule has 1 heterocycles. The van der Waals surface area contributed by atoms with Crippen LogP contribution in [0.25, 0.3) is 0 Å². The Morgan fingerprint density at radius 2 is 1.35 bits per heavy atom. The molecule has 6 atom stereocenters. The minimum atomic E-state index is -0.678. The van der Waals surface area contributed by atoms with Gasteiger partial charge < -0.3 is 4.74 Å². The fourth-order valence-electron chi connectivity index (χ4n) is 6.25. The summed E-state index contributed by atoms with van der Waals surface area (Å²) in [5, 5.41) is 13.1. The molecule has 0 radical (unpaired) electrons. The average molecular weight is 732 g/mol. The number of imide groups is 1. The number of non-ortho nitro benzene ring substituents is 1. The lowest BCUT2D eigenvalue weighted by atomic mass is 9.81. The smallest absolute Gasteiger partial charge is 0.273 e. The van der Waals surface area contributed by atoms with Gasteiger partial charge in [0.15, 0.2) is 5.78 Å². The van der Waals surface area contributed by atoms with Gasteiger partial charge in [0.2, 0.25) is 0 Å². The van der Waals surface area contributed by atoms with Crippen molar-refractivity contribution < 1.29 is 28.8 Å². The lowest BCUT2D eigenvalue weighted by Gasteiger charge is -2.31. The van der Waals surface area contributed by atoms with Crippen LogP contribution in [-0.4, -0.2) is 54.6 Å². The molecule has 3 aromatic rings. The first-order valence-electron chi connectivity index (χ1n) is 13.3. The summed E-state index contributed by atoms with van der Waals surface area (Å²) in [5.41, 5.74) is 0.322. The molecule has 43 heavy (non-hydrogen) atoms. The number of halogens is 3. The Morgan fingerprint density at radius 1 is 0.860 bits per heavy atom. The van der Waals surface area contributed by atoms with Gasteiger partial charge in [-0.25, -0.2) is 5.01 Å². The van der Waals surface area contributed by atoms with Gasteiger partial charge in [-0.2, -0.15) is 5.01 Å². The predicted molar refractivity (Wildman–Crippen MR) is 162 cm³/mol. The summed E-state index contributed by atoms with van der Waals surface area (Å²) < 4.78 is 5.72. The molecule has 0 aromatic heterocycles. The Morgan fingerprint density at radius 3 is 1.86 bits per heavy atom. The Kier molecular flexibility index (Phi) is 7.86. The molecule has 3 amide bonds. The van der Waals surface area contributed by atoms with Gasteiger partial charge in [-0.15, -0.1) is 0 Å². The number of ether oxygens (including phenoxy) is 1. The topological polar surface area (TPSA) is 127 Å². The lowest BCUT2D eigenvalue weighted by Crippen LogP contribution is -2.52. The summed E-state index contributed by atoms with van der Waals surface area (Å²) in [5.74, 6) is -2.65. The molecule has 3 aliphatic rings. The van der Waals surface area contributed by atoms with Crippen molar-refractivity contribution in [3.05, 3.63) is 99.1 Å². The average Bonchev–Trinajstić information content (AvgIpc) is 3.61. The first kappa shape index (κ1) is 29.5. The number of benzene rings is 3. The van der Waals surface area contributed by atoms with Crippen LogP contribution in [0.15, 0.2) is 72.8 Å². The largest absolute Gasteiger partial charge is 0.457 e. The van der Waals surface area contributed by atoms with Crippen molar-refractivity contribution in [2.24, 2.45) is 23.7 Å². The van der Waals surface area contributed by atoms with Gasteiger partial charge in [-0.05, 0) is 78.9 Å². The first-order chi connectivity index (χ1) is 20.5. The number of hydrogen-bond acceptors (Lipinski definition) is 7. The third kappa shape index (κ3) is 5.25. The van der Waals surface area contributed by atoms with Crippen LogP contribution in [0.3, 0.4) is 0 Å². The number of hydrogen-bond donors (Lipinski definition) is 0. The maximum absolute atomic E-state index is 13.8. The molecule has 6 rings (SSSR count). The maximum atomic E-state index is 13.8. The Labute approximate surface area is 267 Å². The fourth-order valence-corrected chi connectivity index (χ4v) is 8.25. The van der Waals surface area contributed by atoms with E-state index in [1.54, 1.807) is 12.1 Å². The van der Waals surface area contributed by atoms with E-state index in [1.807, 2.05) is 0 Å². The Balaban J connectivity index is 1.24. The van der Waals surface area contributed by atoms with Gasteiger partial charge in [0.1, 0.15) is 18.0 Å². The van der Waals surface area contributed by atoms with Crippen LogP contribution < -0.4 is 4.74 Å². The third-order valence-corrected chi connectivity index (χ3v) is 11.7. The van der Waals surface area contributed by atoms with E-state index < -0.39 is 46.8 Å². The molecule has 0 spiro atoms. The zero-order valence-corrected chi connectivity index (χ0v) is 26.1. The molecular formula is C30H22Br2ClN3O7. The van der Waals surface area contributed by atoms with E-state index in [9.17, 15) is 29.3 Å². The van der Waals surface area contributed by atoms with Crippen LogP contribution in [0.1, 0.15) is 27.1 Å². The quantitative estimate of drug-likeness (QED) is 0.0907. The highest BCUT2D eigenvalue weighted by Gasteiger charge is 2.67. The Hall–Kier alpha value is -3.61. The van der Waals surface area contributed by atoms with Crippen molar-refractivity contribution in [3.63, 3.8) is 0 Å². The molecule has 10 nitrogen and oxygen atoms in total. The standard InChI is InChI=1S/C30H22Br2ClN3O7/c31-26-21-13-22(27(26)32)25-24(21)29(39)35(30(25)40)34(28(38)16-1-5-17(33)6-2-16)14-23(37)15-3-9-19(10-4-15)43-20-11-7-18(8-12-20)36(41)42/h1-12,21-22,24-27H,13-14H2/t21-,22-,24-,25-,26+,27+/m1/s1. The summed E-state index contributed by atoms with van der Waals surface area (Å²) in [6.45, 7) is -0.550. The van der Waals surface area contributed by atoms with Crippen molar-refractivity contribution in [2.75, 3.05) is 6.54 Å². The zero-order valence-electron chi connectivity index (χ0n) is 22.1. The molecule has 2 saturated carbocycles. The van der Waals surface area contributed by atoms with Crippen LogP contribution in [0.5, 0.6) is 11.5 Å².